The van der Waals surface area contributed by atoms with Crippen LogP contribution in [0.1, 0.15) is 30.3 Å². The number of carbonyl (C=O) groups excluding carboxylic acids is 1. The third kappa shape index (κ3) is 3.62. The standard InChI is InChI=1S/C10H16N4OS/c1-3-7(4-9(11)16)13-10(15)8-5-14(2)6-12-8/h5-7H,3-4H2,1-2H3,(H2,11,16)(H,13,15). The topological polar surface area (TPSA) is 72.9 Å². The van der Waals surface area contributed by atoms with E-state index in [0.29, 0.717) is 17.1 Å². The van der Waals surface area contributed by atoms with E-state index in [1.54, 1.807) is 17.1 Å². The maximum absolute atomic E-state index is 11.7. The van der Waals surface area contributed by atoms with E-state index in [1.165, 1.54) is 0 Å². The molecule has 6 heteroatoms. The molecule has 88 valence electrons. The van der Waals surface area contributed by atoms with Crippen LogP contribution in [0.15, 0.2) is 12.5 Å². The molecule has 1 unspecified atom stereocenters. The van der Waals surface area contributed by atoms with Gasteiger partial charge in [-0.05, 0) is 6.42 Å². The van der Waals surface area contributed by atoms with Gasteiger partial charge < -0.3 is 15.6 Å². The quantitative estimate of drug-likeness (QED) is 0.739. The third-order valence-electron chi connectivity index (χ3n) is 2.21. The molecule has 3 N–H and O–H groups in total. The zero-order chi connectivity index (χ0) is 12.1. The average molecular weight is 240 g/mol. The Hall–Kier alpha value is -1.43. The first-order chi connectivity index (χ1) is 7.52. The molecule has 0 spiro atoms. The fourth-order valence-electron chi connectivity index (χ4n) is 1.33. The van der Waals surface area contributed by atoms with E-state index in [-0.39, 0.29) is 11.9 Å². The van der Waals surface area contributed by atoms with Gasteiger partial charge in [0.2, 0.25) is 0 Å². The maximum atomic E-state index is 11.7. The molecular formula is C10H16N4OS. The molecule has 5 nitrogen and oxygen atoms in total. The minimum Gasteiger partial charge on any atom is -0.393 e. The van der Waals surface area contributed by atoms with E-state index in [2.05, 4.69) is 10.3 Å². The van der Waals surface area contributed by atoms with Crippen LogP contribution >= 0.6 is 12.2 Å². The largest absolute Gasteiger partial charge is 0.393 e. The number of nitrogens with zero attached hydrogens (tertiary/aromatic N) is 2. The number of nitrogens with two attached hydrogens (primary N) is 1. The molecule has 16 heavy (non-hydrogen) atoms. The second kappa shape index (κ2) is 5.60. The highest BCUT2D eigenvalue weighted by Crippen LogP contribution is 2.01. The van der Waals surface area contributed by atoms with Crippen molar-refractivity contribution in [3.05, 3.63) is 18.2 Å². The SMILES string of the molecule is CCC(CC(N)=S)NC(=O)c1cn(C)cn1. The molecule has 0 saturated heterocycles. The van der Waals surface area contributed by atoms with Crippen molar-refractivity contribution in [3.8, 4) is 0 Å². The highest BCUT2D eigenvalue weighted by atomic mass is 32.1. The Morgan fingerprint density at radius 1 is 1.75 bits per heavy atom. The van der Waals surface area contributed by atoms with Crippen LogP contribution in [0, 0.1) is 0 Å². The summed E-state index contributed by atoms with van der Waals surface area (Å²) in [6.45, 7) is 1.97. The number of nitrogens with one attached hydrogen (secondary N) is 1. The van der Waals surface area contributed by atoms with E-state index in [9.17, 15) is 4.79 Å². The number of hydrogen-bond donors (Lipinski definition) is 2. The summed E-state index contributed by atoms with van der Waals surface area (Å²) in [5, 5.41) is 2.85. The first-order valence-corrected chi connectivity index (χ1v) is 5.51. The molecule has 0 radical (unpaired) electrons. The Bertz CT molecular complexity index is 388. The second-order valence-electron chi connectivity index (χ2n) is 3.67. The van der Waals surface area contributed by atoms with Crippen LogP contribution in [0.25, 0.3) is 0 Å². The molecule has 0 aliphatic carbocycles. The van der Waals surface area contributed by atoms with Crippen molar-refractivity contribution >= 4 is 23.1 Å². The lowest BCUT2D eigenvalue weighted by molar-refractivity contribution is 0.0932. The fraction of sp³-hybridized carbons (Fsp3) is 0.500. The number of amides is 1. The summed E-state index contributed by atoms with van der Waals surface area (Å²) in [5.74, 6) is -0.191. The van der Waals surface area contributed by atoms with Gasteiger partial charge in [0, 0.05) is 25.7 Å². The Balaban J connectivity index is 2.58. The molecule has 1 amide bonds. The van der Waals surface area contributed by atoms with E-state index >= 15 is 0 Å². The lowest BCUT2D eigenvalue weighted by Gasteiger charge is -2.15. The molecule has 0 bridgehead atoms. The average Bonchev–Trinajstić information content (AvgIpc) is 2.63. The number of imidazole rings is 1. The van der Waals surface area contributed by atoms with Crippen LogP contribution in [-0.2, 0) is 7.05 Å². The number of aryl methyl sites for hydroxylation is 1. The van der Waals surface area contributed by atoms with Crippen molar-refractivity contribution in [2.24, 2.45) is 12.8 Å². The second-order valence-corrected chi connectivity index (χ2v) is 4.20. The van der Waals surface area contributed by atoms with E-state index in [4.69, 9.17) is 18.0 Å². The lowest BCUT2D eigenvalue weighted by atomic mass is 10.1. The molecule has 1 rings (SSSR count). The molecule has 0 aliphatic rings. The van der Waals surface area contributed by atoms with Crippen LogP contribution in [0.2, 0.25) is 0 Å². The summed E-state index contributed by atoms with van der Waals surface area (Å²) in [6.07, 6.45) is 4.56. The molecule has 0 aromatic carbocycles. The van der Waals surface area contributed by atoms with Gasteiger partial charge >= 0.3 is 0 Å². The normalized spacial score (nSPS) is 12.1. The van der Waals surface area contributed by atoms with Crippen molar-refractivity contribution in [1.82, 2.24) is 14.9 Å². The van der Waals surface area contributed by atoms with Crippen molar-refractivity contribution < 1.29 is 4.79 Å². The van der Waals surface area contributed by atoms with Crippen molar-refractivity contribution in [1.29, 1.82) is 0 Å². The van der Waals surface area contributed by atoms with Gasteiger partial charge in [-0.3, -0.25) is 4.79 Å². The highest BCUT2D eigenvalue weighted by Gasteiger charge is 2.14. The number of aromatic nitrogens is 2. The maximum Gasteiger partial charge on any atom is 0.271 e. The van der Waals surface area contributed by atoms with E-state index < -0.39 is 0 Å². The van der Waals surface area contributed by atoms with Crippen LogP contribution in [0.3, 0.4) is 0 Å². The summed E-state index contributed by atoms with van der Waals surface area (Å²) in [4.78, 5) is 16.1. The lowest BCUT2D eigenvalue weighted by Crippen LogP contribution is -2.37. The monoisotopic (exact) mass is 240 g/mol. The van der Waals surface area contributed by atoms with Gasteiger partial charge in [0.15, 0.2) is 0 Å². The molecule has 1 aromatic heterocycles. The molecule has 1 atom stereocenters. The van der Waals surface area contributed by atoms with Crippen molar-refractivity contribution in [3.63, 3.8) is 0 Å². The van der Waals surface area contributed by atoms with Gasteiger partial charge in [-0.2, -0.15) is 0 Å². The van der Waals surface area contributed by atoms with Gasteiger partial charge in [0.1, 0.15) is 5.69 Å². The first kappa shape index (κ1) is 12.6. The minimum atomic E-state index is -0.191. The number of hydrogen-bond acceptors (Lipinski definition) is 3. The molecular weight excluding hydrogens is 224 g/mol. The summed E-state index contributed by atoms with van der Waals surface area (Å²) in [6, 6.07) is -0.0213. The van der Waals surface area contributed by atoms with Gasteiger partial charge in [0.05, 0.1) is 11.3 Å². The zero-order valence-electron chi connectivity index (χ0n) is 9.43. The van der Waals surface area contributed by atoms with Crippen LogP contribution in [-0.4, -0.2) is 26.5 Å². The van der Waals surface area contributed by atoms with Crippen LogP contribution < -0.4 is 11.1 Å². The molecule has 1 aromatic rings. The highest BCUT2D eigenvalue weighted by molar-refractivity contribution is 7.80. The Kier molecular flexibility index (Phi) is 4.42. The Morgan fingerprint density at radius 2 is 2.44 bits per heavy atom. The Morgan fingerprint density at radius 3 is 2.88 bits per heavy atom. The first-order valence-electron chi connectivity index (χ1n) is 5.10. The van der Waals surface area contributed by atoms with Crippen molar-refractivity contribution in [2.45, 2.75) is 25.8 Å². The smallest absolute Gasteiger partial charge is 0.271 e. The zero-order valence-corrected chi connectivity index (χ0v) is 10.3. The Labute approximate surface area is 100 Å². The minimum absolute atomic E-state index is 0.0213. The summed E-state index contributed by atoms with van der Waals surface area (Å²) in [5.41, 5.74) is 5.85. The summed E-state index contributed by atoms with van der Waals surface area (Å²) in [7, 11) is 1.82. The van der Waals surface area contributed by atoms with Crippen LogP contribution in [0.4, 0.5) is 0 Å². The number of carbonyl (C=O) groups is 1. The van der Waals surface area contributed by atoms with Crippen LogP contribution in [0.5, 0.6) is 0 Å². The van der Waals surface area contributed by atoms with E-state index in [1.807, 2.05) is 14.0 Å². The van der Waals surface area contributed by atoms with Gasteiger partial charge in [0.25, 0.3) is 5.91 Å². The van der Waals surface area contributed by atoms with Gasteiger partial charge in [-0.1, -0.05) is 19.1 Å². The summed E-state index contributed by atoms with van der Waals surface area (Å²) < 4.78 is 1.73. The third-order valence-corrected chi connectivity index (χ3v) is 2.38. The predicted octanol–water partition coefficient (Wildman–Crippen LogP) is 0.605. The molecule has 1 heterocycles. The molecule has 0 fully saturated rings. The number of rotatable bonds is 5. The fourth-order valence-corrected chi connectivity index (χ4v) is 1.53. The number of thiocarbonyl (C=S) groups is 1. The van der Waals surface area contributed by atoms with E-state index in [0.717, 1.165) is 6.42 Å². The van der Waals surface area contributed by atoms with Gasteiger partial charge in [-0.15, -0.1) is 0 Å². The van der Waals surface area contributed by atoms with Gasteiger partial charge in [-0.25, -0.2) is 4.98 Å². The molecule has 0 aliphatic heterocycles. The predicted molar refractivity (Wildman–Crippen MR) is 66.2 cm³/mol. The van der Waals surface area contributed by atoms with Crippen molar-refractivity contribution in [2.75, 3.05) is 0 Å². The molecule has 0 saturated carbocycles. The summed E-state index contributed by atoms with van der Waals surface area (Å²) >= 11 is 4.82.